The predicted octanol–water partition coefficient (Wildman–Crippen LogP) is 0.715. The summed E-state index contributed by atoms with van der Waals surface area (Å²) in [5, 5.41) is 9.35. The van der Waals surface area contributed by atoms with E-state index in [1.54, 1.807) is 13.1 Å². The smallest absolute Gasteiger partial charge is 0.136 e. The SMILES string of the molecule is C[C@H](O)[C@@H](N)c1ccc2nccn2c1. The van der Waals surface area contributed by atoms with Crippen LogP contribution in [0.1, 0.15) is 18.5 Å². The van der Waals surface area contributed by atoms with Gasteiger partial charge in [0.25, 0.3) is 0 Å². The molecule has 14 heavy (non-hydrogen) atoms. The van der Waals surface area contributed by atoms with Crippen molar-refractivity contribution in [1.82, 2.24) is 9.38 Å². The Hall–Kier alpha value is -1.39. The summed E-state index contributed by atoms with van der Waals surface area (Å²) < 4.78 is 1.89. The quantitative estimate of drug-likeness (QED) is 0.735. The van der Waals surface area contributed by atoms with E-state index in [1.807, 2.05) is 28.9 Å². The van der Waals surface area contributed by atoms with Gasteiger partial charge in [-0.1, -0.05) is 6.07 Å². The number of hydrogen-bond donors (Lipinski definition) is 2. The lowest BCUT2D eigenvalue weighted by molar-refractivity contribution is 0.164. The molecule has 0 radical (unpaired) electrons. The number of hydrogen-bond acceptors (Lipinski definition) is 3. The van der Waals surface area contributed by atoms with Gasteiger partial charge in [-0.3, -0.25) is 0 Å². The summed E-state index contributed by atoms with van der Waals surface area (Å²) in [7, 11) is 0. The van der Waals surface area contributed by atoms with Crippen LogP contribution in [0, 0.1) is 0 Å². The average Bonchev–Trinajstić information content (AvgIpc) is 2.62. The number of rotatable bonds is 2. The number of nitrogens with two attached hydrogens (primary N) is 1. The van der Waals surface area contributed by atoms with Crippen LogP contribution in [0.15, 0.2) is 30.7 Å². The molecule has 0 aliphatic heterocycles. The minimum atomic E-state index is -0.545. The summed E-state index contributed by atoms with van der Waals surface area (Å²) in [4.78, 5) is 4.12. The Kier molecular flexibility index (Phi) is 2.23. The monoisotopic (exact) mass is 191 g/mol. The molecular weight excluding hydrogens is 178 g/mol. The molecule has 2 atom stereocenters. The van der Waals surface area contributed by atoms with Gasteiger partial charge in [0.05, 0.1) is 12.1 Å². The van der Waals surface area contributed by atoms with E-state index in [9.17, 15) is 5.11 Å². The number of pyridine rings is 1. The van der Waals surface area contributed by atoms with Gasteiger partial charge in [-0.15, -0.1) is 0 Å². The van der Waals surface area contributed by atoms with E-state index in [1.165, 1.54) is 0 Å². The molecule has 2 aromatic heterocycles. The standard InChI is InChI=1S/C10H13N3O/c1-7(14)10(11)8-2-3-9-12-4-5-13(9)6-8/h2-7,10,14H,11H2,1H3/t7-,10+/m0/s1. The molecule has 2 rings (SSSR count). The maximum Gasteiger partial charge on any atom is 0.136 e. The summed E-state index contributed by atoms with van der Waals surface area (Å²) in [6, 6.07) is 3.43. The highest BCUT2D eigenvalue weighted by Crippen LogP contribution is 2.14. The van der Waals surface area contributed by atoms with E-state index in [4.69, 9.17) is 5.73 Å². The molecule has 2 aromatic rings. The molecule has 0 aliphatic carbocycles. The van der Waals surface area contributed by atoms with Crippen LogP contribution in [0.5, 0.6) is 0 Å². The first kappa shape index (κ1) is 9.18. The lowest BCUT2D eigenvalue weighted by atomic mass is 10.1. The molecule has 0 saturated heterocycles. The van der Waals surface area contributed by atoms with Gasteiger partial charge in [0, 0.05) is 18.6 Å². The van der Waals surface area contributed by atoms with E-state index in [0.717, 1.165) is 11.2 Å². The lowest BCUT2D eigenvalue weighted by Crippen LogP contribution is -2.23. The third-order valence-corrected chi connectivity index (χ3v) is 2.32. The molecule has 0 unspecified atom stereocenters. The van der Waals surface area contributed by atoms with Gasteiger partial charge in [-0.05, 0) is 18.6 Å². The molecule has 0 amide bonds. The first-order valence-corrected chi connectivity index (χ1v) is 4.55. The second-order valence-corrected chi connectivity index (χ2v) is 3.42. The van der Waals surface area contributed by atoms with Crippen molar-refractivity contribution < 1.29 is 5.11 Å². The van der Waals surface area contributed by atoms with Crippen molar-refractivity contribution in [2.24, 2.45) is 5.73 Å². The Bertz CT molecular complexity index is 436. The number of aliphatic hydroxyl groups is 1. The number of imidazole rings is 1. The Morgan fingerprint density at radius 2 is 2.29 bits per heavy atom. The summed E-state index contributed by atoms with van der Waals surface area (Å²) in [5.41, 5.74) is 7.60. The zero-order valence-corrected chi connectivity index (χ0v) is 7.96. The Morgan fingerprint density at radius 3 is 3.00 bits per heavy atom. The fraction of sp³-hybridized carbons (Fsp3) is 0.300. The van der Waals surface area contributed by atoms with Crippen LogP contribution in [0.2, 0.25) is 0 Å². The van der Waals surface area contributed by atoms with Gasteiger partial charge in [-0.25, -0.2) is 4.98 Å². The van der Waals surface area contributed by atoms with Crippen molar-refractivity contribution in [1.29, 1.82) is 0 Å². The fourth-order valence-corrected chi connectivity index (χ4v) is 1.41. The van der Waals surface area contributed by atoms with Crippen LogP contribution in [0.3, 0.4) is 0 Å². The summed E-state index contributed by atoms with van der Waals surface area (Å²) >= 11 is 0. The lowest BCUT2D eigenvalue weighted by Gasteiger charge is -2.14. The molecule has 0 saturated carbocycles. The summed E-state index contributed by atoms with van der Waals surface area (Å²) in [5.74, 6) is 0. The Balaban J connectivity index is 2.43. The average molecular weight is 191 g/mol. The normalized spacial score (nSPS) is 15.6. The van der Waals surface area contributed by atoms with Crippen molar-refractivity contribution in [3.05, 3.63) is 36.3 Å². The molecule has 74 valence electrons. The van der Waals surface area contributed by atoms with E-state index >= 15 is 0 Å². The number of nitrogens with zero attached hydrogens (tertiary/aromatic N) is 2. The molecule has 0 fully saturated rings. The highest BCUT2D eigenvalue weighted by atomic mass is 16.3. The van der Waals surface area contributed by atoms with Gasteiger partial charge in [0.2, 0.25) is 0 Å². The van der Waals surface area contributed by atoms with Crippen LogP contribution in [0.4, 0.5) is 0 Å². The van der Waals surface area contributed by atoms with Crippen LogP contribution in [0.25, 0.3) is 5.65 Å². The van der Waals surface area contributed by atoms with Crippen LogP contribution in [-0.2, 0) is 0 Å². The fourth-order valence-electron chi connectivity index (χ4n) is 1.41. The van der Waals surface area contributed by atoms with Gasteiger partial charge in [0.15, 0.2) is 0 Å². The van der Waals surface area contributed by atoms with E-state index in [0.29, 0.717) is 0 Å². The summed E-state index contributed by atoms with van der Waals surface area (Å²) in [6.07, 6.45) is 4.93. The largest absolute Gasteiger partial charge is 0.391 e. The van der Waals surface area contributed by atoms with E-state index in [2.05, 4.69) is 4.98 Å². The highest BCUT2D eigenvalue weighted by molar-refractivity contribution is 5.40. The van der Waals surface area contributed by atoms with Crippen LogP contribution in [-0.4, -0.2) is 20.6 Å². The number of fused-ring (bicyclic) bond motifs is 1. The second-order valence-electron chi connectivity index (χ2n) is 3.42. The Morgan fingerprint density at radius 1 is 1.50 bits per heavy atom. The van der Waals surface area contributed by atoms with Gasteiger partial charge >= 0.3 is 0 Å². The molecule has 0 aromatic carbocycles. The van der Waals surface area contributed by atoms with Crippen molar-refractivity contribution in [2.75, 3.05) is 0 Å². The van der Waals surface area contributed by atoms with E-state index < -0.39 is 6.10 Å². The molecule has 0 aliphatic rings. The first-order chi connectivity index (χ1) is 6.68. The van der Waals surface area contributed by atoms with Crippen molar-refractivity contribution in [2.45, 2.75) is 19.1 Å². The summed E-state index contributed by atoms with van der Waals surface area (Å²) in [6.45, 7) is 1.68. The minimum absolute atomic E-state index is 0.346. The predicted molar refractivity (Wildman–Crippen MR) is 53.8 cm³/mol. The van der Waals surface area contributed by atoms with Gasteiger partial charge in [-0.2, -0.15) is 0 Å². The maximum absolute atomic E-state index is 9.35. The van der Waals surface area contributed by atoms with Crippen molar-refractivity contribution in [3.8, 4) is 0 Å². The van der Waals surface area contributed by atoms with Gasteiger partial charge < -0.3 is 15.2 Å². The minimum Gasteiger partial charge on any atom is -0.391 e. The molecule has 2 heterocycles. The maximum atomic E-state index is 9.35. The topological polar surface area (TPSA) is 63.5 Å². The molecule has 4 nitrogen and oxygen atoms in total. The van der Waals surface area contributed by atoms with Crippen molar-refractivity contribution in [3.63, 3.8) is 0 Å². The third-order valence-electron chi connectivity index (χ3n) is 2.32. The third kappa shape index (κ3) is 1.49. The molecular formula is C10H13N3O. The van der Waals surface area contributed by atoms with Gasteiger partial charge in [0.1, 0.15) is 5.65 Å². The molecule has 0 bridgehead atoms. The molecule has 4 heteroatoms. The number of aromatic nitrogens is 2. The zero-order valence-electron chi connectivity index (χ0n) is 7.96. The van der Waals surface area contributed by atoms with Crippen molar-refractivity contribution >= 4 is 5.65 Å². The molecule has 0 spiro atoms. The Labute approximate surface area is 82.0 Å². The second kappa shape index (κ2) is 3.40. The van der Waals surface area contributed by atoms with Crippen LogP contribution < -0.4 is 5.73 Å². The zero-order chi connectivity index (χ0) is 10.1. The molecule has 3 N–H and O–H groups in total. The number of aliphatic hydroxyl groups excluding tert-OH is 1. The van der Waals surface area contributed by atoms with Crippen LogP contribution >= 0.6 is 0 Å². The highest BCUT2D eigenvalue weighted by Gasteiger charge is 2.12. The first-order valence-electron chi connectivity index (χ1n) is 4.55. The van der Waals surface area contributed by atoms with E-state index in [-0.39, 0.29) is 6.04 Å².